The SMILES string of the molecule is COC1(COc2ccc(F)cc2)CCN(C(=O)c2nccc(C)n2)C1. The van der Waals surface area contributed by atoms with Crippen LogP contribution in [0.4, 0.5) is 4.39 Å². The van der Waals surface area contributed by atoms with E-state index in [0.29, 0.717) is 25.3 Å². The zero-order valence-corrected chi connectivity index (χ0v) is 14.2. The van der Waals surface area contributed by atoms with Crippen LogP contribution in [0.3, 0.4) is 0 Å². The van der Waals surface area contributed by atoms with E-state index in [4.69, 9.17) is 9.47 Å². The molecule has 0 saturated carbocycles. The Balaban J connectivity index is 1.65. The zero-order chi connectivity index (χ0) is 17.9. The maximum absolute atomic E-state index is 13.0. The number of amides is 1. The minimum absolute atomic E-state index is 0.186. The van der Waals surface area contributed by atoms with E-state index in [1.54, 1.807) is 36.4 Å². The summed E-state index contributed by atoms with van der Waals surface area (Å²) in [5.41, 5.74) is 0.142. The molecular weight excluding hydrogens is 325 g/mol. The summed E-state index contributed by atoms with van der Waals surface area (Å²) in [5, 5.41) is 0. The van der Waals surface area contributed by atoms with Crippen molar-refractivity contribution in [3.05, 3.63) is 53.9 Å². The number of methoxy groups -OCH3 is 1. The minimum atomic E-state index is -0.603. The highest BCUT2D eigenvalue weighted by atomic mass is 19.1. The molecule has 1 unspecified atom stereocenters. The molecular formula is C18H20FN3O3. The Hall–Kier alpha value is -2.54. The van der Waals surface area contributed by atoms with Crippen molar-refractivity contribution in [2.24, 2.45) is 0 Å². The maximum Gasteiger partial charge on any atom is 0.291 e. The highest BCUT2D eigenvalue weighted by Gasteiger charge is 2.41. The van der Waals surface area contributed by atoms with E-state index in [2.05, 4.69) is 9.97 Å². The van der Waals surface area contributed by atoms with E-state index < -0.39 is 5.60 Å². The average Bonchev–Trinajstić information content (AvgIpc) is 3.06. The fourth-order valence-electron chi connectivity index (χ4n) is 2.80. The second-order valence-corrected chi connectivity index (χ2v) is 6.13. The van der Waals surface area contributed by atoms with Crippen LogP contribution >= 0.6 is 0 Å². The molecule has 1 aliphatic rings. The van der Waals surface area contributed by atoms with Crippen molar-refractivity contribution < 1.29 is 18.7 Å². The van der Waals surface area contributed by atoms with Gasteiger partial charge in [-0.25, -0.2) is 14.4 Å². The summed E-state index contributed by atoms with van der Waals surface area (Å²) < 4.78 is 24.3. The molecule has 6 nitrogen and oxygen atoms in total. The first kappa shape index (κ1) is 17.3. The first-order valence-corrected chi connectivity index (χ1v) is 8.04. The third-order valence-electron chi connectivity index (χ3n) is 4.34. The predicted octanol–water partition coefficient (Wildman–Crippen LogP) is 2.23. The Kier molecular flexibility index (Phi) is 4.94. The lowest BCUT2D eigenvalue weighted by atomic mass is 10.0. The monoisotopic (exact) mass is 345 g/mol. The highest BCUT2D eigenvalue weighted by molar-refractivity contribution is 5.90. The van der Waals surface area contributed by atoms with Gasteiger partial charge in [-0.15, -0.1) is 0 Å². The van der Waals surface area contributed by atoms with E-state index in [9.17, 15) is 9.18 Å². The number of rotatable bonds is 5. The summed E-state index contributed by atoms with van der Waals surface area (Å²) in [6.07, 6.45) is 2.22. The second kappa shape index (κ2) is 7.14. The van der Waals surface area contributed by atoms with Crippen LogP contribution in [-0.4, -0.2) is 53.2 Å². The van der Waals surface area contributed by atoms with Crippen molar-refractivity contribution >= 4 is 5.91 Å². The number of carbonyl (C=O) groups is 1. The molecule has 0 radical (unpaired) electrons. The third-order valence-corrected chi connectivity index (χ3v) is 4.34. The van der Waals surface area contributed by atoms with Crippen LogP contribution in [0.5, 0.6) is 5.75 Å². The average molecular weight is 345 g/mol. The normalized spacial score (nSPS) is 19.9. The van der Waals surface area contributed by atoms with E-state index in [1.807, 2.05) is 6.92 Å². The van der Waals surface area contributed by atoms with E-state index in [-0.39, 0.29) is 24.2 Å². The Labute approximate surface area is 145 Å². The van der Waals surface area contributed by atoms with Gasteiger partial charge in [-0.2, -0.15) is 0 Å². The lowest BCUT2D eigenvalue weighted by Gasteiger charge is -2.27. The van der Waals surface area contributed by atoms with Gasteiger partial charge in [0.2, 0.25) is 5.82 Å². The first-order chi connectivity index (χ1) is 12.0. The van der Waals surface area contributed by atoms with Crippen molar-refractivity contribution in [3.63, 3.8) is 0 Å². The molecule has 0 N–H and O–H groups in total. The molecule has 2 aromatic rings. The molecule has 1 fully saturated rings. The number of benzene rings is 1. The molecule has 25 heavy (non-hydrogen) atoms. The van der Waals surface area contributed by atoms with E-state index in [1.165, 1.54) is 12.1 Å². The lowest BCUT2D eigenvalue weighted by molar-refractivity contribution is -0.0343. The number of ether oxygens (including phenoxy) is 2. The van der Waals surface area contributed by atoms with Gasteiger partial charge in [0, 0.05) is 25.5 Å². The van der Waals surface area contributed by atoms with E-state index in [0.717, 1.165) is 5.69 Å². The summed E-state index contributed by atoms with van der Waals surface area (Å²) in [6, 6.07) is 7.56. The van der Waals surface area contributed by atoms with Gasteiger partial charge in [-0.3, -0.25) is 4.79 Å². The summed E-state index contributed by atoms with van der Waals surface area (Å²) >= 11 is 0. The number of hydrogen-bond donors (Lipinski definition) is 0. The van der Waals surface area contributed by atoms with Crippen LogP contribution in [0.15, 0.2) is 36.5 Å². The molecule has 1 aliphatic heterocycles. The van der Waals surface area contributed by atoms with Crippen LogP contribution in [0, 0.1) is 12.7 Å². The summed E-state index contributed by atoms with van der Waals surface area (Å²) in [5.74, 6) is 0.213. The Bertz CT molecular complexity index is 753. The van der Waals surface area contributed by atoms with Crippen molar-refractivity contribution in [2.45, 2.75) is 18.9 Å². The first-order valence-electron chi connectivity index (χ1n) is 8.04. The molecule has 1 aromatic heterocycles. The summed E-state index contributed by atoms with van der Waals surface area (Å²) in [4.78, 5) is 22.5. The van der Waals surface area contributed by atoms with Crippen molar-refractivity contribution in [1.82, 2.24) is 14.9 Å². The van der Waals surface area contributed by atoms with Gasteiger partial charge in [0.15, 0.2) is 0 Å². The van der Waals surface area contributed by atoms with Gasteiger partial charge in [0.1, 0.15) is 23.8 Å². The van der Waals surface area contributed by atoms with E-state index >= 15 is 0 Å². The molecule has 0 spiro atoms. The fourth-order valence-corrected chi connectivity index (χ4v) is 2.80. The standard InChI is InChI=1S/C18H20FN3O3/c1-13-7-9-20-16(21-13)17(23)22-10-8-18(11-22,24-2)12-25-15-5-3-14(19)4-6-15/h3-7,9H,8,10-12H2,1-2H3. The number of aromatic nitrogens is 2. The molecule has 1 saturated heterocycles. The largest absolute Gasteiger partial charge is 0.491 e. The summed E-state index contributed by atoms with van der Waals surface area (Å²) in [7, 11) is 1.60. The number of nitrogens with zero attached hydrogens (tertiary/aromatic N) is 3. The number of halogens is 1. The molecule has 0 bridgehead atoms. The van der Waals surface area contributed by atoms with Crippen LogP contribution in [0.1, 0.15) is 22.7 Å². The summed E-state index contributed by atoms with van der Waals surface area (Å²) in [6.45, 7) is 3.02. The quantitative estimate of drug-likeness (QED) is 0.831. The predicted molar refractivity (Wildman–Crippen MR) is 88.9 cm³/mol. The lowest BCUT2D eigenvalue weighted by Crippen LogP contribution is -2.42. The molecule has 2 heterocycles. The number of likely N-dealkylation sites (tertiary alicyclic amines) is 1. The minimum Gasteiger partial charge on any atom is -0.491 e. The number of aryl methyl sites for hydroxylation is 1. The molecule has 1 aromatic carbocycles. The van der Waals surface area contributed by atoms with Gasteiger partial charge in [-0.1, -0.05) is 0 Å². The van der Waals surface area contributed by atoms with Crippen molar-refractivity contribution in [3.8, 4) is 5.75 Å². The topological polar surface area (TPSA) is 64.6 Å². The molecule has 3 rings (SSSR count). The zero-order valence-electron chi connectivity index (χ0n) is 14.2. The molecule has 7 heteroatoms. The molecule has 1 atom stereocenters. The van der Waals surface area contributed by atoms with Crippen LogP contribution in [0.2, 0.25) is 0 Å². The van der Waals surface area contributed by atoms with Gasteiger partial charge in [0.25, 0.3) is 5.91 Å². The Morgan fingerprint density at radius 3 is 2.76 bits per heavy atom. The number of carbonyl (C=O) groups excluding carboxylic acids is 1. The van der Waals surface area contributed by atoms with Crippen LogP contribution < -0.4 is 4.74 Å². The molecule has 0 aliphatic carbocycles. The Morgan fingerprint density at radius 2 is 2.08 bits per heavy atom. The van der Waals surface area contributed by atoms with Gasteiger partial charge in [-0.05, 0) is 43.7 Å². The van der Waals surface area contributed by atoms with Crippen LogP contribution in [-0.2, 0) is 4.74 Å². The van der Waals surface area contributed by atoms with Crippen molar-refractivity contribution in [1.29, 1.82) is 0 Å². The highest BCUT2D eigenvalue weighted by Crippen LogP contribution is 2.27. The van der Waals surface area contributed by atoms with Gasteiger partial charge in [0.05, 0.1) is 6.54 Å². The Morgan fingerprint density at radius 1 is 1.32 bits per heavy atom. The van der Waals surface area contributed by atoms with Gasteiger partial charge < -0.3 is 14.4 Å². The van der Waals surface area contributed by atoms with Crippen LogP contribution in [0.25, 0.3) is 0 Å². The van der Waals surface area contributed by atoms with Crippen molar-refractivity contribution in [2.75, 3.05) is 26.8 Å². The molecule has 132 valence electrons. The second-order valence-electron chi connectivity index (χ2n) is 6.13. The third kappa shape index (κ3) is 3.93. The molecule has 1 amide bonds. The number of hydrogen-bond acceptors (Lipinski definition) is 5. The maximum atomic E-state index is 13.0. The fraction of sp³-hybridized carbons (Fsp3) is 0.389. The smallest absolute Gasteiger partial charge is 0.291 e. The van der Waals surface area contributed by atoms with Gasteiger partial charge >= 0.3 is 0 Å².